The van der Waals surface area contributed by atoms with E-state index < -0.39 is 0 Å². The first-order chi connectivity index (χ1) is 10.3. The Hall–Kier alpha value is -1.22. The van der Waals surface area contributed by atoms with E-state index in [2.05, 4.69) is 12.2 Å². The minimum absolute atomic E-state index is 0.000225. The van der Waals surface area contributed by atoms with E-state index in [4.69, 9.17) is 16.3 Å². The number of amides is 1. The van der Waals surface area contributed by atoms with Gasteiger partial charge in [-0.15, -0.1) is 11.6 Å². The molecule has 0 unspecified atom stereocenters. The van der Waals surface area contributed by atoms with Gasteiger partial charge in [0.1, 0.15) is 5.75 Å². The third-order valence-electron chi connectivity index (χ3n) is 3.19. The number of rotatable bonds is 11. The molecule has 0 radical (unpaired) electrons. The summed E-state index contributed by atoms with van der Waals surface area (Å²) in [5, 5.41) is 2.84. The number of unbranched alkanes of at least 4 members (excludes halogenated alkanes) is 4. The molecule has 0 spiro atoms. The largest absolute Gasteiger partial charge is 0.494 e. The molecule has 1 rings (SSSR count). The Balaban J connectivity index is 2.22. The van der Waals surface area contributed by atoms with Crippen LogP contribution in [0.4, 0.5) is 5.69 Å². The normalized spacial score (nSPS) is 10.4. The van der Waals surface area contributed by atoms with E-state index in [9.17, 15) is 4.79 Å². The molecule has 118 valence electrons. The van der Waals surface area contributed by atoms with Crippen molar-refractivity contribution in [3.63, 3.8) is 0 Å². The van der Waals surface area contributed by atoms with Gasteiger partial charge in [-0.3, -0.25) is 4.79 Å². The second-order valence-electron chi connectivity index (χ2n) is 5.13. The highest BCUT2D eigenvalue weighted by Crippen LogP contribution is 2.16. The minimum Gasteiger partial charge on any atom is -0.494 e. The van der Waals surface area contributed by atoms with Crippen molar-refractivity contribution < 1.29 is 9.53 Å². The summed E-state index contributed by atoms with van der Waals surface area (Å²) in [6.07, 6.45) is 7.33. The molecule has 0 aliphatic rings. The predicted molar refractivity (Wildman–Crippen MR) is 89.3 cm³/mol. The van der Waals surface area contributed by atoms with Gasteiger partial charge in [-0.1, -0.05) is 32.6 Å². The van der Waals surface area contributed by atoms with Crippen LogP contribution in [0.5, 0.6) is 5.75 Å². The predicted octanol–water partition coefficient (Wildman–Crippen LogP) is 4.99. The average Bonchev–Trinajstić information content (AvgIpc) is 2.50. The van der Waals surface area contributed by atoms with Gasteiger partial charge < -0.3 is 10.1 Å². The Labute approximate surface area is 133 Å². The molecule has 21 heavy (non-hydrogen) atoms. The molecule has 0 aromatic heterocycles. The fourth-order valence-corrected chi connectivity index (χ4v) is 2.11. The molecule has 3 nitrogen and oxygen atoms in total. The molecule has 0 saturated heterocycles. The summed E-state index contributed by atoms with van der Waals surface area (Å²) in [7, 11) is 0. The number of nitrogens with one attached hydrogen (secondary N) is 1. The van der Waals surface area contributed by atoms with Crippen LogP contribution in [0.15, 0.2) is 24.3 Å². The molecular weight excluding hydrogens is 286 g/mol. The van der Waals surface area contributed by atoms with Crippen LogP contribution in [0.25, 0.3) is 0 Å². The van der Waals surface area contributed by atoms with Crippen LogP contribution in [0.2, 0.25) is 0 Å². The fraction of sp³-hybridized carbons (Fsp3) is 0.588. The number of carbonyl (C=O) groups is 1. The summed E-state index contributed by atoms with van der Waals surface area (Å²) in [6, 6.07) is 7.52. The van der Waals surface area contributed by atoms with E-state index in [1.165, 1.54) is 25.7 Å². The zero-order valence-corrected chi connectivity index (χ0v) is 13.6. The van der Waals surface area contributed by atoms with Crippen molar-refractivity contribution in [2.45, 2.75) is 51.9 Å². The summed E-state index contributed by atoms with van der Waals surface area (Å²) in [5.74, 6) is 1.36. The van der Waals surface area contributed by atoms with Gasteiger partial charge in [0.2, 0.25) is 5.91 Å². The summed E-state index contributed by atoms with van der Waals surface area (Å²) in [6.45, 7) is 2.97. The van der Waals surface area contributed by atoms with Crippen LogP contribution in [-0.4, -0.2) is 18.4 Å². The van der Waals surface area contributed by atoms with Gasteiger partial charge in [0.05, 0.1) is 6.61 Å². The molecule has 0 saturated carbocycles. The van der Waals surface area contributed by atoms with Crippen molar-refractivity contribution in [3.05, 3.63) is 24.3 Å². The number of hydrogen-bond acceptors (Lipinski definition) is 2. The van der Waals surface area contributed by atoms with Crippen LogP contribution in [0.1, 0.15) is 51.9 Å². The lowest BCUT2D eigenvalue weighted by Crippen LogP contribution is -2.11. The van der Waals surface area contributed by atoms with Crippen molar-refractivity contribution in [3.8, 4) is 5.75 Å². The lowest BCUT2D eigenvalue weighted by molar-refractivity contribution is -0.116. The van der Waals surface area contributed by atoms with Gasteiger partial charge in [-0.2, -0.15) is 0 Å². The molecule has 0 atom stereocenters. The number of halogens is 1. The maximum Gasteiger partial charge on any atom is 0.224 e. The highest BCUT2D eigenvalue weighted by atomic mass is 35.5. The number of benzene rings is 1. The summed E-state index contributed by atoms with van der Waals surface area (Å²) in [4.78, 5) is 11.6. The standard InChI is InChI=1S/C17H26ClNO2/c1-2-3-4-5-6-14-21-16-11-9-15(10-12-16)19-17(20)8-7-13-18/h9-12H,2-8,13-14H2,1H3,(H,19,20). The first-order valence-electron chi connectivity index (χ1n) is 7.85. The van der Waals surface area contributed by atoms with E-state index in [1.807, 2.05) is 24.3 Å². The summed E-state index contributed by atoms with van der Waals surface area (Å²) in [5.41, 5.74) is 0.796. The zero-order valence-electron chi connectivity index (χ0n) is 12.9. The van der Waals surface area contributed by atoms with E-state index in [-0.39, 0.29) is 5.91 Å². The van der Waals surface area contributed by atoms with Crippen molar-refractivity contribution >= 4 is 23.2 Å². The number of alkyl halides is 1. The number of ether oxygens (including phenoxy) is 1. The van der Waals surface area contributed by atoms with E-state index in [0.29, 0.717) is 18.7 Å². The van der Waals surface area contributed by atoms with Gasteiger partial charge in [0, 0.05) is 18.0 Å². The molecule has 0 fully saturated rings. The van der Waals surface area contributed by atoms with Crippen LogP contribution >= 0.6 is 11.6 Å². The second kappa shape index (κ2) is 11.4. The molecule has 1 aromatic carbocycles. The molecule has 0 heterocycles. The van der Waals surface area contributed by atoms with Gasteiger partial charge in [0.15, 0.2) is 0 Å². The number of anilines is 1. The van der Waals surface area contributed by atoms with Gasteiger partial charge >= 0.3 is 0 Å². The van der Waals surface area contributed by atoms with E-state index in [1.54, 1.807) is 0 Å². The summed E-state index contributed by atoms with van der Waals surface area (Å²) >= 11 is 5.56. The average molecular weight is 312 g/mol. The topological polar surface area (TPSA) is 38.3 Å². The number of carbonyl (C=O) groups excluding carboxylic acids is 1. The van der Waals surface area contributed by atoms with Gasteiger partial charge in [-0.05, 0) is 37.1 Å². The first kappa shape index (κ1) is 17.8. The molecule has 0 bridgehead atoms. The van der Waals surface area contributed by atoms with Crippen molar-refractivity contribution in [1.29, 1.82) is 0 Å². The molecule has 1 N–H and O–H groups in total. The Kier molecular flexibility index (Phi) is 9.71. The van der Waals surface area contributed by atoms with Gasteiger partial charge in [0.25, 0.3) is 0 Å². The maximum atomic E-state index is 11.6. The maximum absolute atomic E-state index is 11.6. The van der Waals surface area contributed by atoms with Gasteiger partial charge in [-0.25, -0.2) is 0 Å². The smallest absolute Gasteiger partial charge is 0.224 e. The van der Waals surface area contributed by atoms with E-state index >= 15 is 0 Å². The molecule has 0 aliphatic heterocycles. The molecule has 4 heteroatoms. The second-order valence-corrected chi connectivity index (χ2v) is 5.51. The highest BCUT2D eigenvalue weighted by molar-refractivity contribution is 6.18. The SMILES string of the molecule is CCCCCCCOc1ccc(NC(=O)CCCCl)cc1. The fourth-order valence-electron chi connectivity index (χ4n) is 1.98. The van der Waals surface area contributed by atoms with Crippen molar-refractivity contribution in [2.75, 3.05) is 17.8 Å². The molecule has 0 aliphatic carbocycles. The minimum atomic E-state index is 0.000225. The lowest BCUT2D eigenvalue weighted by atomic mass is 10.2. The van der Waals surface area contributed by atoms with E-state index in [0.717, 1.165) is 24.5 Å². The van der Waals surface area contributed by atoms with Crippen LogP contribution in [0, 0.1) is 0 Å². The van der Waals surface area contributed by atoms with Crippen molar-refractivity contribution in [1.82, 2.24) is 0 Å². The third-order valence-corrected chi connectivity index (χ3v) is 3.46. The van der Waals surface area contributed by atoms with Crippen LogP contribution in [0.3, 0.4) is 0 Å². The number of hydrogen-bond donors (Lipinski definition) is 1. The molecule has 1 amide bonds. The zero-order chi connectivity index (χ0) is 15.3. The molecular formula is C17H26ClNO2. The Bertz CT molecular complexity index is 392. The first-order valence-corrected chi connectivity index (χ1v) is 8.38. The van der Waals surface area contributed by atoms with Crippen LogP contribution < -0.4 is 10.1 Å². The quantitative estimate of drug-likeness (QED) is 0.461. The monoisotopic (exact) mass is 311 g/mol. The Morgan fingerprint density at radius 1 is 1.10 bits per heavy atom. The molecule has 1 aromatic rings. The lowest BCUT2D eigenvalue weighted by Gasteiger charge is -2.08. The Morgan fingerprint density at radius 3 is 2.48 bits per heavy atom. The summed E-state index contributed by atoms with van der Waals surface area (Å²) < 4.78 is 5.68. The Morgan fingerprint density at radius 2 is 1.81 bits per heavy atom. The third kappa shape index (κ3) is 8.61. The van der Waals surface area contributed by atoms with Crippen molar-refractivity contribution in [2.24, 2.45) is 0 Å². The highest BCUT2D eigenvalue weighted by Gasteiger charge is 2.02. The van der Waals surface area contributed by atoms with Crippen LogP contribution in [-0.2, 0) is 4.79 Å².